The van der Waals surface area contributed by atoms with Crippen LogP contribution in [0.2, 0.25) is 10.1 Å². The van der Waals surface area contributed by atoms with Crippen molar-refractivity contribution in [2.24, 2.45) is 5.73 Å². The molecule has 0 aromatic heterocycles. The molecule has 0 fully saturated rings. The van der Waals surface area contributed by atoms with Gasteiger partial charge in [0.1, 0.15) is 30.2 Å². The van der Waals surface area contributed by atoms with E-state index >= 15 is 4.11 Å². The Morgan fingerprint density at radius 1 is 0.571 bits per heavy atom. The predicted molar refractivity (Wildman–Crippen MR) is 249 cm³/mol. The number of hydrogen-bond donors (Lipinski definition) is 14. The van der Waals surface area contributed by atoms with Crippen molar-refractivity contribution in [3.05, 3.63) is 29.8 Å². The molecule has 0 aliphatic rings. The number of nitrogens with two attached hydrogens (primary N) is 1. The van der Waals surface area contributed by atoms with Crippen molar-refractivity contribution in [2.45, 2.75) is 133 Å². The number of hydrogen-bond acceptors (Lipinski definition) is 13. The van der Waals surface area contributed by atoms with Crippen LogP contribution in [-0.4, -0.2) is 162 Å². The van der Waals surface area contributed by atoms with Crippen molar-refractivity contribution >= 4 is 78.9 Å². The zero-order valence-corrected chi connectivity index (χ0v) is 41.1. The molecule has 0 bridgehead atoms. The maximum Gasteiger partial charge on any atom is 0.326 e. The molecule has 15 N–H and O–H groups in total. The Morgan fingerprint density at radius 2 is 1.04 bits per heavy atom. The number of carbonyl (C=O) groups is 11. The summed E-state index contributed by atoms with van der Waals surface area (Å²) < 4.78 is 16.6. The fraction of sp³-hybridized carbons (Fsp3) is 0.605. The summed E-state index contributed by atoms with van der Waals surface area (Å²) >= 11 is 0. The molecule has 1 aromatic rings. The minimum Gasteiger partial charge on any atom is -0.481 e. The molecule has 1 rings (SSSR count). The van der Waals surface area contributed by atoms with E-state index in [4.69, 9.17) is 15.9 Å². The zero-order valence-electron chi connectivity index (χ0n) is 40.1. The van der Waals surface area contributed by atoms with Crippen LogP contribution in [0.25, 0.3) is 0 Å². The first-order valence-corrected chi connectivity index (χ1v) is 24.1. The van der Waals surface area contributed by atoms with E-state index < -0.39 is 146 Å². The Labute approximate surface area is 404 Å². The fourth-order valence-electron chi connectivity index (χ4n) is 7.10. The highest BCUT2D eigenvalue weighted by atomic mass is 28.4. The van der Waals surface area contributed by atoms with Crippen LogP contribution in [-0.2, 0) is 43.2 Å². The molecule has 25 nitrogen and oxygen atoms in total. The highest BCUT2D eigenvalue weighted by molar-refractivity contribution is 6.90. The van der Waals surface area contributed by atoms with Crippen LogP contribution in [0.3, 0.4) is 0 Å². The number of carbonyl (C=O) groups excluding carboxylic acids is 7. The molecule has 3 unspecified atom stereocenters. The molecule has 27 heteroatoms. The first kappa shape index (κ1) is 61.3. The topological polar surface area (TPSA) is 411 Å². The molecule has 0 heterocycles. The quantitative estimate of drug-likeness (QED) is 0.0231. The van der Waals surface area contributed by atoms with Gasteiger partial charge in [0, 0.05) is 57.4 Å². The Bertz CT molecular complexity index is 2020. The summed E-state index contributed by atoms with van der Waals surface area (Å²) in [4.78, 5) is 133. The lowest BCUT2D eigenvalue weighted by Gasteiger charge is -2.44. The van der Waals surface area contributed by atoms with E-state index in [1.807, 2.05) is 52.2 Å². The van der Waals surface area contributed by atoms with Gasteiger partial charge in [-0.2, -0.15) is 0 Å². The highest BCUT2D eigenvalue weighted by Gasteiger charge is 2.56. The molecular weight excluding hydrogens is 946 g/mol. The number of nitrogens with one attached hydrogen (secondary N) is 8. The number of rotatable bonds is 30. The summed E-state index contributed by atoms with van der Waals surface area (Å²) in [7, 11) is -3.56. The van der Waals surface area contributed by atoms with Crippen LogP contribution >= 0.6 is 0 Å². The first-order chi connectivity index (χ1) is 32.4. The van der Waals surface area contributed by atoms with Crippen LogP contribution in [0, 0.1) is 0 Å². The third-order valence-corrected chi connectivity index (χ3v) is 16.0. The minimum atomic E-state index is -3.56. The number of halogens is 1. The molecule has 0 radical (unpaired) electrons. The fourth-order valence-corrected chi connectivity index (χ4v) is 11.7. The Kier molecular flexibility index (Phi) is 25.1. The van der Waals surface area contributed by atoms with Gasteiger partial charge in [0.05, 0.1) is 6.61 Å². The summed E-state index contributed by atoms with van der Waals surface area (Å²) in [6.45, 7) is 9.62. The SMILES string of the molecule is CC(C)(C)[Si](F)(c1ccc(C(=O)NCC(N)C(=O)NC(CO)C(=O)NCCC(=O)NCCC(=O)NCCCC(NC(=O)CC[C@H](NC(=O)N[C@@H](CCC(=O)O)C(=O)O)C(=O)O)C(=O)O)cc1)C(C)(C)C. The number of benzene rings is 1. The second kappa shape index (κ2) is 28.7. The third kappa shape index (κ3) is 20.9. The van der Waals surface area contributed by atoms with Crippen LogP contribution in [0.4, 0.5) is 8.90 Å². The second-order valence-electron chi connectivity index (χ2n) is 18.3. The van der Waals surface area contributed by atoms with E-state index in [1.54, 1.807) is 12.1 Å². The van der Waals surface area contributed by atoms with Crippen molar-refractivity contribution in [1.29, 1.82) is 0 Å². The van der Waals surface area contributed by atoms with Crippen LogP contribution in [0.1, 0.15) is 103 Å². The lowest BCUT2D eigenvalue weighted by atomic mass is 10.1. The second-order valence-corrected chi connectivity index (χ2v) is 23.2. The van der Waals surface area contributed by atoms with Crippen LogP contribution in [0.15, 0.2) is 24.3 Å². The summed E-state index contributed by atoms with van der Waals surface area (Å²) in [6.07, 6.45) is -2.72. The normalized spacial score (nSPS) is 13.7. The molecule has 0 saturated heterocycles. The summed E-state index contributed by atoms with van der Waals surface area (Å²) in [5.74, 6) is -10.2. The van der Waals surface area contributed by atoms with Gasteiger partial charge in [0.2, 0.25) is 29.5 Å². The predicted octanol–water partition coefficient (Wildman–Crippen LogP) is -1.73. The lowest BCUT2D eigenvalue weighted by molar-refractivity contribution is -0.142. The van der Waals surface area contributed by atoms with Gasteiger partial charge in [-0.1, -0.05) is 53.7 Å². The molecule has 70 heavy (non-hydrogen) atoms. The molecular formula is C43H68FN9O16Si. The average Bonchev–Trinajstić information content (AvgIpc) is 3.26. The summed E-state index contributed by atoms with van der Waals surface area (Å²) in [5, 5.41) is 64.1. The van der Waals surface area contributed by atoms with Gasteiger partial charge < -0.3 is 77.9 Å². The van der Waals surface area contributed by atoms with Gasteiger partial charge in [0.25, 0.3) is 14.3 Å². The number of carboxylic acids is 4. The smallest absolute Gasteiger partial charge is 0.326 e. The summed E-state index contributed by atoms with van der Waals surface area (Å²) in [5.41, 5.74) is 6.13. The van der Waals surface area contributed by atoms with Crippen molar-refractivity contribution < 1.29 is 82.4 Å². The Hall–Kier alpha value is -6.74. The molecule has 0 saturated carbocycles. The van der Waals surface area contributed by atoms with E-state index in [0.717, 1.165) is 0 Å². The van der Waals surface area contributed by atoms with Crippen LogP contribution in [0.5, 0.6) is 0 Å². The monoisotopic (exact) mass is 1010 g/mol. The standard InChI is InChI=1S/C43H68FN9O16Si/c1-42(2,3)70(44,43(4,5)6)25-11-9-24(10-12-25)35(60)49-22-26(45)36(61)51-30(23-54)37(62)48-21-18-32(56)47-20-17-31(55)46-19-7-8-27(38(63)64)50-33(57)15-13-28(39(65)66)52-41(69)53-29(40(67)68)14-16-34(58)59/h9-12,26-30,54H,7-8,13-23,45H2,1-6H3,(H,46,55)(H,47,56)(H,48,62)(H,49,60)(H,50,57)(H,51,61)(H,58,59)(H,63,64)(H,65,66)(H,67,68)(H2,52,53,69)/t26?,27?,28-,29-,30?/m0/s1. The van der Waals surface area contributed by atoms with Crippen molar-refractivity contribution in [1.82, 2.24) is 42.5 Å². The van der Waals surface area contributed by atoms with Crippen molar-refractivity contribution in [3.8, 4) is 0 Å². The number of amides is 8. The van der Waals surface area contributed by atoms with E-state index in [1.165, 1.54) is 12.1 Å². The van der Waals surface area contributed by atoms with Gasteiger partial charge in [-0.15, -0.1) is 0 Å². The van der Waals surface area contributed by atoms with Crippen molar-refractivity contribution in [2.75, 3.05) is 32.8 Å². The maximum atomic E-state index is 16.6. The molecule has 0 aliphatic heterocycles. The van der Waals surface area contributed by atoms with Gasteiger partial charge in [0.15, 0.2) is 0 Å². The number of aliphatic hydroxyl groups is 1. The lowest BCUT2D eigenvalue weighted by Crippen LogP contribution is -2.57. The molecule has 0 spiro atoms. The first-order valence-electron chi connectivity index (χ1n) is 22.3. The van der Waals surface area contributed by atoms with Crippen molar-refractivity contribution in [3.63, 3.8) is 0 Å². The summed E-state index contributed by atoms with van der Waals surface area (Å²) in [6, 6.07) is -2.61. The number of aliphatic carboxylic acids is 4. The largest absolute Gasteiger partial charge is 0.481 e. The van der Waals surface area contributed by atoms with Gasteiger partial charge in [-0.3, -0.25) is 33.6 Å². The van der Waals surface area contributed by atoms with Gasteiger partial charge >= 0.3 is 29.9 Å². The molecule has 8 amide bonds. The molecule has 0 aliphatic carbocycles. The van der Waals surface area contributed by atoms with Gasteiger partial charge in [-0.25, -0.2) is 19.2 Å². The van der Waals surface area contributed by atoms with E-state index in [2.05, 4.69) is 31.9 Å². The average molecular weight is 1010 g/mol. The number of urea groups is 1. The third-order valence-electron chi connectivity index (χ3n) is 10.7. The Morgan fingerprint density at radius 3 is 1.51 bits per heavy atom. The molecule has 1 aromatic carbocycles. The zero-order chi connectivity index (χ0) is 53.6. The minimum absolute atomic E-state index is 0.0287. The number of aliphatic hydroxyl groups excluding tert-OH is 1. The van der Waals surface area contributed by atoms with E-state index in [0.29, 0.717) is 5.19 Å². The van der Waals surface area contributed by atoms with E-state index in [-0.39, 0.29) is 57.4 Å². The van der Waals surface area contributed by atoms with Crippen LogP contribution < -0.4 is 53.5 Å². The molecule has 5 atom stereocenters. The Balaban J connectivity index is 2.44. The number of carboxylic acid groups (broad SMARTS) is 4. The van der Waals surface area contributed by atoms with Gasteiger partial charge in [-0.05, 0) is 53.1 Å². The highest BCUT2D eigenvalue weighted by Crippen LogP contribution is 2.51. The maximum absolute atomic E-state index is 16.6. The van der Waals surface area contributed by atoms with E-state index in [9.17, 15) is 68.1 Å². The molecule has 392 valence electrons.